The lowest BCUT2D eigenvalue weighted by molar-refractivity contribution is -0.384. The highest BCUT2D eigenvalue weighted by Gasteiger charge is 2.21. The van der Waals surface area contributed by atoms with Gasteiger partial charge in [-0.1, -0.05) is 18.2 Å². The molecule has 0 atom stereocenters. The first-order valence-corrected chi connectivity index (χ1v) is 9.84. The molecule has 0 amide bonds. The molecule has 0 aliphatic heterocycles. The zero-order valence-electron chi connectivity index (χ0n) is 15.3. The molecule has 3 rings (SSSR count). The Morgan fingerprint density at radius 3 is 2.07 bits per heavy atom. The fourth-order valence-electron chi connectivity index (χ4n) is 2.50. The third-order valence-corrected chi connectivity index (χ3v) is 5.93. The number of nitro groups is 1. The zero-order chi connectivity index (χ0) is 21.0. The topological polar surface area (TPSA) is 107 Å². The Morgan fingerprint density at radius 1 is 0.931 bits per heavy atom. The molecule has 148 valence electrons. The molecule has 0 heterocycles. The molecule has 0 saturated carbocycles. The number of hydrogen-bond donors (Lipinski definition) is 0. The molecule has 0 aliphatic rings. The summed E-state index contributed by atoms with van der Waals surface area (Å²) in [4.78, 5) is 22.4. The van der Waals surface area contributed by atoms with Crippen molar-refractivity contribution in [3.63, 3.8) is 0 Å². The number of esters is 1. The van der Waals surface area contributed by atoms with Gasteiger partial charge in [0.1, 0.15) is 5.75 Å². The van der Waals surface area contributed by atoms with Crippen molar-refractivity contribution in [3.8, 4) is 5.75 Å². The third kappa shape index (κ3) is 4.41. The van der Waals surface area contributed by atoms with E-state index in [4.69, 9.17) is 4.74 Å². The highest BCUT2D eigenvalue weighted by atomic mass is 32.2. The number of benzene rings is 3. The molecule has 8 nitrogen and oxygen atoms in total. The van der Waals surface area contributed by atoms with Gasteiger partial charge < -0.3 is 4.74 Å². The third-order valence-electron chi connectivity index (χ3n) is 4.13. The number of sulfonamides is 1. The minimum absolute atomic E-state index is 0.0238. The normalized spacial score (nSPS) is 10.9. The first-order valence-electron chi connectivity index (χ1n) is 8.40. The monoisotopic (exact) mass is 412 g/mol. The van der Waals surface area contributed by atoms with Gasteiger partial charge in [0.25, 0.3) is 15.7 Å². The molecule has 9 heteroatoms. The summed E-state index contributed by atoms with van der Waals surface area (Å²) in [6.45, 7) is 0. The number of carbonyl (C=O) groups is 1. The van der Waals surface area contributed by atoms with Crippen LogP contribution in [0.25, 0.3) is 0 Å². The molecular formula is C20H16N2O6S. The number of para-hydroxylation sites is 1. The van der Waals surface area contributed by atoms with Crippen molar-refractivity contribution in [2.24, 2.45) is 0 Å². The lowest BCUT2D eigenvalue weighted by Gasteiger charge is -2.19. The van der Waals surface area contributed by atoms with Crippen LogP contribution in [0.4, 0.5) is 11.4 Å². The van der Waals surface area contributed by atoms with Gasteiger partial charge in [0.15, 0.2) is 0 Å². The van der Waals surface area contributed by atoms with Gasteiger partial charge in [0.2, 0.25) is 0 Å². The summed E-state index contributed by atoms with van der Waals surface area (Å²) in [5.74, 6) is -0.569. The maximum atomic E-state index is 12.7. The number of nitro benzene ring substituents is 1. The summed E-state index contributed by atoms with van der Waals surface area (Å²) in [6.07, 6.45) is 0. The fraction of sp³-hybridized carbons (Fsp3) is 0.0500. The molecule has 0 fully saturated rings. The lowest BCUT2D eigenvalue weighted by Crippen LogP contribution is -2.26. The highest BCUT2D eigenvalue weighted by Crippen LogP contribution is 2.23. The summed E-state index contributed by atoms with van der Waals surface area (Å²) in [6, 6.07) is 19.0. The van der Waals surface area contributed by atoms with E-state index in [9.17, 15) is 23.3 Å². The van der Waals surface area contributed by atoms with Gasteiger partial charge in [0.05, 0.1) is 21.1 Å². The number of carbonyl (C=O) groups excluding carboxylic acids is 1. The molecule has 0 aromatic heterocycles. The van der Waals surface area contributed by atoms with Crippen molar-refractivity contribution < 1.29 is 22.9 Å². The van der Waals surface area contributed by atoms with E-state index in [-0.39, 0.29) is 21.9 Å². The van der Waals surface area contributed by atoms with E-state index < -0.39 is 20.9 Å². The Morgan fingerprint density at radius 2 is 1.52 bits per heavy atom. The predicted octanol–water partition coefficient (Wildman–Crippen LogP) is 3.64. The summed E-state index contributed by atoms with van der Waals surface area (Å²) in [5, 5.41) is 10.7. The maximum absolute atomic E-state index is 12.7. The number of rotatable bonds is 6. The van der Waals surface area contributed by atoms with Crippen LogP contribution in [0.15, 0.2) is 83.8 Å². The van der Waals surface area contributed by atoms with Crippen LogP contribution in [-0.4, -0.2) is 26.4 Å². The summed E-state index contributed by atoms with van der Waals surface area (Å²) in [7, 11) is -2.34. The van der Waals surface area contributed by atoms with E-state index in [0.29, 0.717) is 5.69 Å². The van der Waals surface area contributed by atoms with Crippen molar-refractivity contribution in [1.82, 2.24) is 0 Å². The Hall–Kier alpha value is -3.72. The van der Waals surface area contributed by atoms with Crippen LogP contribution in [-0.2, 0) is 10.0 Å². The van der Waals surface area contributed by atoms with Gasteiger partial charge in [-0.3, -0.25) is 14.4 Å². The van der Waals surface area contributed by atoms with Crippen LogP contribution in [0.3, 0.4) is 0 Å². The van der Waals surface area contributed by atoms with Gasteiger partial charge in [0, 0.05) is 19.2 Å². The SMILES string of the molecule is CN(c1ccccc1)S(=O)(=O)c1ccc(C(=O)Oc2ccc([N+](=O)[O-])cc2)cc1. The van der Waals surface area contributed by atoms with Crippen molar-refractivity contribution in [1.29, 1.82) is 0 Å². The van der Waals surface area contributed by atoms with Crippen molar-refractivity contribution >= 4 is 27.4 Å². The number of ether oxygens (including phenoxy) is 1. The summed E-state index contributed by atoms with van der Waals surface area (Å²) >= 11 is 0. The molecule has 0 spiro atoms. The Balaban J connectivity index is 1.75. The zero-order valence-corrected chi connectivity index (χ0v) is 16.1. The van der Waals surface area contributed by atoms with Gasteiger partial charge >= 0.3 is 5.97 Å². The average molecular weight is 412 g/mol. The van der Waals surface area contributed by atoms with Crippen LogP contribution in [0.5, 0.6) is 5.75 Å². The van der Waals surface area contributed by atoms with Crippen molar-refractivity contribution in [2.45, 2.75) is 4.90 Å². The molecule has 3 aromatic rings. The van der Waals surface area contributed by atoms with E-state index >= 15 is 0 Å². The highest BCUT2D eigenvalue weighted by molar-refractivity contribution is 7.92. The van der Waals surface area contributed by atoms with Gasteiger partial charge in [-0.25, -0.2) is 13.2 Å². The number of nitrogens with zero attached hydrogens (tertiary/aromatic N) is 2. The predicted molar refractivity (Wildman–Crippen MR) is 107 cm³/mol. The Bertz CT molecular complexity index is 1130. The molecule has 0 saturated heterocycles. The molecular weight excluding hydrogens is 396 g/mol. The number of non-ortho nitro benzene ring substituents is 1. The van der Waals surface area contributed by atoms with Crippen LogP contribution in [0.1, 0.15) is 10.4 Å². The quantitative estimate of drug-likeness (QED) is 0.265. The van der Waals surface area contributed by atoms with Gasteiger partial charge in [-0.05, 0) is 48.5 Å². The smallest absolute Gasteiger partial charge is 0.343 e. The molecule has 0 radical (unpaired) electrons. The van der Waals surface area contributed by atoms with E-state index in [1.807, 2.05) is 0 Å². The number of anilines is 1. The minimum Gasteiger partial charge on any atom is -0.423 e. The molecule has 0 unspecified atom stereocenters. The van der Waals surface area contributed by atoms with Crippen LogP contribution < -0.4 is 9.04 Å². The Kier molecular flexibility index (Phi) is 5.60. The van der Waals surface area contributed by atoms with E-state index in [1.165, 1.54) is 55.6 Å². The second kappa shape index (κ2) is 8.11. The van der Waals surface area contributed by atoms with Crippen LogP contribution in [0, 0.1) is 10.1 Å². The molecule has 29 heavy (non-hydrogen) atoms. The van der Waals surface area contributed by atoms with E-state index in [2.05, 4.69) is 0 Å². The summed E-state index contributed by atoms with van der Waals surface area (Å²) in [5.41, 5.74) is 0.528. The van der Waals surface area contributed by atoms with Crippen LogP contribution >= 0.6 is 0 Å². The molecule has 3 aromatic carbocycles. The van der Waals surface area contributed by atoms with E-state index in [0.717, 1.165) is 4.31 Å². The van der Waals surface area contributed by atoms with E-state index in [1.54, 1.807) is 30.3 Å². The second-order valence-corrected chi connectivity index (χ2v) is 7.94. The molecule has 0 bridgehead atoms. The molecule has 0 N–H and O–H groups in total. The summed E-state index contributed by atoms with van der Waals surface area (Å²) < 4.78 is 31.8. The first kappa shape index (κ1) is 20.0. The number of hydrogen-bond acceptors (Lipinski definition) is 6. The maximum Gasteiger partial charge on any atom is 0.343 e. The fourth-order valence-corrected chi connectivity index (χ4v) is 3.70. The van der Waals surface area contributed by atoms with Gasteiger partial charge in [-0.2, -0.15) is 0 Å². The van der Waals surface area contributed by atoms with Crippen molar-refractivity contribution in [2.75, 3.05) is 11.4 Å². The first-order chi connectivity index (χ1) is 13.8. The standard InChI is InChI=1S/C20H16N2O6S/c1-21(16-5-3-2-4-6-16)29(26,27)19-13-7-15(8-14-19)20(23)28-18-11-9-17(10-12-18)22(24)25/h2-14H,1H3. The van der Waals surface area contributed by atoms with Crippen LogP contribution in [0.2, 0.25) is 0 Å². The minimum atomic E-state index is -3.79. The van der Waals surface area contributed by atoms with Crippen molar-refractivity contribution in [3.05, 3.63) is 94.5 Å². The molecule has 0 aliphatic carbocycles. The Labute approximate surface area is 167 Å². The van der Waals surface area contributed by atoms with Gasteiger partial charge in [-0.15, -0.1) is 0 Å². The largest absolute Gasteiger partial charge is 0.423 e. The lowest BCUT2D eigenvalue weighted by atomic mass is 10.2. The average Bonchev–Trinajstić information content (AvgIpc) is 2.74. The second-order valence-electron chi connectivity index (χ2n) is 5.97.